The van der Waals surface area contributed by atoms with Gasteiger partial charge in [-0.05, 0) is 18.8 Å². The number of rotatable bonds is 3. The zero-order valence-corrected chi connectivity index (χ0v) is 9.28. The molecule has 4 heteroatoms. The van der Waals surface area contributed by atoms with E-state index in [2.05, 4.69) is 17.1 Å². The number of aromatic nitrogens is 2. The third-order valence-corrected chi connectivity index (χ3v) is 3.22. The third kappa shape index (κ3) is 2.56. The molecule has 1 aliphatic rings. The zero-order chi connectivity index (χ0) is 10.7. The van der Waals surface area contributed by atoms with Crippen LogP contribution in [0.15, 0.2) is 4.52 Å². The highest BCUT2D eigenvalue weighted by molar-refractivity contribution is 4.97. The lowest BCUT2D eigenvalue weighted by Crippen LogP contribution is -2.12. The summed E-state index contributed by atoms with van der Waals surface area (Å²) < 4.78 is 5.14. The van der Waals surface area contributed by atoms with Crippen LogP contribution < -0.4 is 5.73 Å². The second-order valence-corrected chi connectivity index (χ2v) is 4.54. The molecule has 0 aliphatic heterocycles. The van der Waals surface area contributed by atoms with E-state index in [-0.39, 0.29) is 0 Å². The van der Waals surface area contributed by atoms with Crippen molar-refractivity contribution in [3.63, 3.8) is 0 Å². The first kappa shape index (κ1) is 10.6. The first-order valence-electron chi connectivity index (χ1n) is 5.82. The normalized spacial score (nSPS) is 26.8. The van der Waals surface area contributed by atoms with Gasteiger partial charge in [-0.3, -0.25) is 0 Å². The standard InChI is InChI=1S/C11H19N3O/c1-8-2-4-9(5-3-8)11-13-10(6-7-12)15-14-11/h8-9H,2-7,12H2,1H3. The molecule has 4 nitrogen and oxygen atoms in total. The molecule has 1 aromatic heterocycles. The molecular formula is C11H19N3O. The third-order valence-electron chi connectivity index (χ3n) is 3.22. The van der Waals surface area contributed by atoms with E-state index in [4.69, 9.17) is 10.3 Å². The molecule has 0 radical (unpaired) electrons. The molecule has 2 N–H and O–H groups in total. The Labute approximate surface area is 90.2 Å². The summed E-state index contributed by atoms with van der Waals surface area (Å²) in [6, 6.07) is 0. The molecule has 0 saturated heterocycles. The van der Waals surface area contributed by atoms with E-state index >= 15 is 0 Å². The highest BCUT2D eigenvalue weighted by atomic mass is 16.5. The fourth-order valence-corrected chi connectivity index (χ4v) is 2.18. The predicted molar refractivity (Wildman–Crippen MR) is 57.4 cm³/mol. The van der Waals surface area contributed by atoms with Gasteiger partial charge in [0.15, 0.2) is 5.82 Å². The SMILES string of the molecule is CC1CCC(c2noc(CCN)n2)CC1. The molecule has 0 amide bonds. The summed E-state index contributed by atoms with van der Waals surface area (Å²) in [5.74, 6) is 2.95. The van der Waals surface area contributed by atoms with Crippen molar-refractivity contribution in [3.8, 4) is 0 Å². The lowest BCUT2D eigenvalue weighted by Gasteiger charge is -2.23. The second-order valence-electron chi connectivity index (χ2n) is 4.54. The molecule has 1 saturated carbocycles. The number of nitrogens with two attached hydrogens (primary N) is 1. The maximum Gasteiger partial charge on any atom is 0.227 e. The lowest BCUT2D eigenvalue weighted by atomic mass is 9.83. The molecule has 0 bridgehead atoms. The topological polar surface area (TPSA) is 64.9 Å². The molecule has 0 atom stereocenters. The molecule has 1 heterocycles. The van der Waals surface area contributed by atoms with Crippen LogP contribution in [0.2, 0.25) is 0 Å². The molecule has 0 aromatic carbocycles. The van der Waals surface area contributed by atoms with Crippen LogP contribution in [0.3, 0.4) is 0 Å². The molecule has 84 valence electrons. The number of hydrogen-bond acceptors (Lipinski definition) is 4. The van der Waals surface area contributed by atoms with Gasteiger partial charge in [0.05, 0.1) is 0 Å². The first-order chi connectivity index (χ1) is 7.29. The molecule has 1 aromatic rings. The van der Waals surface area contributed by atoms with Crippen molar-refractivity contribution in [2.24, 2.45) is 11.7 Å². The van der Waals surface area contributed by atoms with E-state index in [0.717, 1.165) is 11.7 Å². The minimum atomic E-state index is 0.511. The quantitative estimate of drug-likeness (QED) is 0.825. The maximum absolute atomic E-state index is 5.44. The van der Waals surface area contributed by atoms with E-state index in [1.165, 1.54) is 25.7 Å². The largest absolute Gasteiger partial charge is 0.339 e. The Balaban J connectivity index is 1.96. The van der Waals surface area contributed by atoms with Crippen molar-refractivity contribution in [3.05, 3.63) is 11.7 Å². The molecule has 2 rings (SSSR count). The molecule has 1 aliphatic carbocycles. The van der Waals surface area contributed by atoms with Crippen LogP contribution in [-0.4, -0.2) is 16.7 Å². The Kier molecular flexibility index (Phi) is 3.36. The van der Waals surface area contributed by atoms with Gasteiger partial charge in [0.25, 0.3) is 0 Å². The Bertz CT molecular complexity index is 303. The molecule has 0 spiro atoms. The summed E-state index contributed by atoms with van der Waals surface area (Å²) in [4.78, 5) is 4.39. The number of hydrogen-bond donors (Lipinski definition) is 1. The van der Waals surface area contributed by atoms with Crippen LogP contribution >= 0.6 is 0 Å². The smallest absolute Gasteiger partial charge is 0.227 e. The highest BCUT2D eigenvalue weighted by Gasteiger charge is 2.23. The van der Waals surface area contributed by atoms with Gasteiger partial charge in [0, 0.05) is 18.9 Å². The van der Waals surface area contributed by atoms with Crippen LogP contribution in [0.4, 0.5) is 0 Å². The fraction of sp³-hybridized carbons (Fsp3) is 0.818. The summed E-state index contributed by atoms with van der Waals surface area (Å²) in [7, 11) is 0. The average Bonchev–Trinajstić information content (AvgIpc) is 2.68. The van der Waals surface area contributed by atoms with Crippen molar-refractivity contribution in [1.29, 1.82) is 0 Å². The summed E-state index contributed by atoms with van der Waals surface area (Å²) in [6.07, 6.45) is 5.65. The van der Waals surface area contributed by atoms with Gasteiger partial charge in [0.2, 0.25) is 5.89 Å². The molecule has 1 fully saturated rings. The fourth-order valence-electron chi connectivity index (χ4n) is 2.18. The van der Waals surface area contributed by atoms with Crippen LogP contribution in [0, 0.1) is 5.92 Å². The van der Waals surface area contributed by atoms with E-state index in [1.807, 2.05) is 0 Å². The van der Waals surface area contributed by atoms with E-state index in [1.54, 1.807) is 0 Å². The second kappa shape index (κ2) is 4.75. The Hall–Kier alpha value is -0.900. The van der Waals surface area contributed by atoms with E-state index in [0.29, 0.717) is 24.8 Å². The van der Waals surface area contributed by atoms with Crippen molar-refractivity contribution in [2.45, 2.75) is 44.9 Å². The molecule has 0 unspecified atom stereocenters. The monoisotopic (exact) mass is 209 g/mol. The predicted octanol–water partition coefficient (Wildman–Crippen LogP) is 1.86. The van der Waals surface area contributed by atoms with E-state index in [9.17, 15) is 0 Å². The van der Waals surface area contributed by atoms with Crippen molar-refractivity contribution >= 4 is 0 Å². The van der Waals surface area contributed by atoms with Gasteiger partial charge in [-0.1, -0.05) is 24.9 Å². The van der Waals surface area contributed by atoms with Crippen molar-refractivity contribution in [2.75, 3.05) is 6.54 Å². The maximum atomic E-state index is 5.44. The van der Waals surface area contributed by atoms with Crippen LogP contribution in [0.1, 0.15) is 50.2 Å². The van der Waals surface area contributed by atoms with Gasteiger partial charge in [0.1, 0.15) is 0 Å². The first-order valence-corrected chi connectivity index (χ1v) is 5.82. The molecule has 15 heavy (non-hydrogen) atoms. The van der Waals surface area contributed by atoms with Gasteiger partial charge in [-0.15, -0.1) is 0 Å². The van der Waals surface area contributed by atoms with E-state index < -0.39 is 0 Å². The minimum Gasteiger partial charge on any atom is -0.339 e. The van der Waals surface area contributed by atoms with Crippen LogP contribution in [0.25, 0.3) is 0 Å². The van der Waals surface area contributed by atoms with Gasteiger partial charge >= 0.3 is 0 Å². The number of nitrogens with zero attached hydrogens (tertiary/aromatic N) is 2. The summed E-state index contributed by atoms with van der Waals surface area (Å²) in [5, 5.41) is 4.04. The van der Waals surface area contributed by atoms with Crippen molar-refractivity contribution < 1.29 is 4.52 Å². The van der Waals surface area contributed by atoms with Gasteiger partial charge in [-0.2, -0.15) is 4.98 Å². The summed E-state index contributed by atoms with van der Waals surface area (Å²) >= 11 is 0. The average molecular weight is 209 g/mol. The van der Waals surface area contributed by atoms with Gasteiger partial charge < -0.3 is 10.3 Å². The van der Waals surface area contributed by atoms with Crippen molar-refractivity contribution in [1.82, 2.24) is 10.1 Å². The Morgan fingerprint density at radius 2 is 2.07 bits per heavy atom. The molecular weight excluding hydrogens is 190 g/mol. The Morgan fingerprint density at radius 3 is 2.73 bits per heavy atom. The highest BCUT2D eigenvalue weighted by Crippen LogP contribution is 2.33. The van der Waals surface area contributed by atoms with Crippen LogP contribution in [-0.2, 0) is 6.42 Å². The minimum absolute atomic E-state index is 0.511. The van der Waals surface area contributed by atoms with Gasteiger partial charge in [-0.25, -0.2) is 0 Å². The lowest BCUT2D eigenvalue weighted by molar-refractivity contribution is 0.324. The summed E-state index contributed by atoms with van der Waals surface area (Å²) in [6.45, 7) is 2.88. The van der Waals surface area contributed by atoms with Crippen LogP contribution in [0.5, 0.6) is 0 Å². The summed E-state index contributed by atoms with van der Waals surface area (Å²) in [5.41, 5.74) is 5.44. The Morgan fingerprint density at radius 1 is 1.33 bits per heavy atom. The zero-order valence-electron chi connectivity index (χ0n) is 9.28.